The summed E-state index contributed by atoms with van der Waals surface area (Å²) in [5.74, 6) is -0.0560. The molecule has 0 bridgehead atoms. The molecular formula is C13H18N4OS. The first-order valence-corrected chi connectivity index (χ1v) is 7.02. The second kappa shape index (κ2) is 5.52. The van der Waals surface area contributed by atoms with Crippen LogP contribution >= 0.6 is 11.3 Å². The van der Waals surface area contributed by atoms with E-state index in [9.17, 15) is 4.79 Å². The number of nitrogens with one attached hydrogen (secondary N) is 1. The molecule has 0 fully saturated rings. The monoisotopic (exact) mass is 278 g/mol. The Morgan fingerprint density at radius 1 is 1.47 bits per heavy atom. The Balaban J connectivity index is 1.97. The Bertz CT molecular complexity index is 587. The van der Waals surface area contributed by atoms with Crippen molar-refractivity contribution in [1.82, 2.24) is 20.1 Å². The van der Waals surface area contributed by atoms with Crippen molar-refractivity contribution >= 4 is 17.2 Å². The van der Waals surface area contributed by atoms with Gasteiger partial charge in [0, 0.05) is 12.2 Å². The van der Waals surface area contributed by atoms with Crippen molar-refractivity contribution in [1.29, 1.82) is 0 Å². The van der Waals surface area contributed by atoms with E-state index >= 15 is 0 Å². The highest BCUT2D eigenvalue weighted by Gasteiger charge is 2.16. The van der Waals surface area contributed by atoms with Gasteiger partial charge in [-0.1, -0.05) is 0 Å². The summed E-state index contributed by atoms with van der Waals surface area (Å²) in [6.45, 7) is 8.35. The van der Waals surface area contributed by atoms with Gasteiger partial charge in [-0.15, -0.1) is 11.3 Å². The van der Waals surface area contributed by atoms with Crippen molar-refractivity contribution in [2.45, 2.75) is 40.3 Å². The lowest BCUT2D eigenvalue weighted by molar-refractivity contribution is 0.0939. The number of hydrogen-bond acceptors (Lipinski definition) is 4. The van der Waals surface area contributed by atoms with Crippen LogP contribution < -0.4 is 5.32 Å². The number of nitrogens with zero attached hydrogens (tertiary/aromatic N) is 3. The van der Waals surface area contributed by atoms with Gasteiger partial charge in [0.2, 0.25) is 0 Å². The van der Waals surface area contributed by atoms with Gasteiger partial charge in [0.1, 0.15) is 4.88 Å². The zero-order valence-electron chi connectivity index (χ0n) is 11.6. The van der Waals surface area contributed by atoms with E-state index in [0.29, 0.717) is 11.4 Å². The number of aromatic nitrogens is 3. The first-order valence-electron chi connectivity index (χ1n) is 6.20. The van der Waals surface area contributed by atoms with E-state index < -0.39 is 0 Å². The van der Waals surface area contributed by atoms with E-state index in [4.69, 9.17) is 0 Å². The van der Waals surface area contributed by atoms with E-state index in [2.05, 4.69) is 15.4 Å². The number of rotatable bonds is 4. The molecule has 0 spiro atoms. The van der Waals surface area contributed by atoms with Crippen molar-refractivity contribution in [3.63, 3.8) is 0 Å². The molecule has 5 nitrogen and oxygen atoms in total. The van der Waals surface area contributed by atoms with Crippen LogP contribution in [0, 0.1) is 20.8 Å². The largest absolute Gasteiger partial charge is 0.347 e. The predicted octanol–water partition coefficient (Wildman–Crippen LogP) is 2.08. The first-order chi connectivity index (χ1) is 8.95. The third-order valence-corrected chi connectivity index (χ3v) is 3.79. The summed E-state index contributed by atoms with van der Waals surface area (Å²) in [5.41, 5.74) is 1.77. The van der Waals surface area contributed by atoms with Crippen LogP contribution in [0.4, 0.5) is 0 Å². The summed E-state index contributed by atoms with van der Waals surface area (Å²) in [4.78, 5) is 17.1. The lowest BCUT2D eigenvalue weighted by Crippen LogP contribution is -2.35. The van der Waals surface area contributed by atoms with Gasteiger partial charge in [-0.3, -0.25) is 9.48 Å². The van der Waals surface area contributed by atoms with Gasteiger partial charge in [0.25, 0.3) is 5.91 Å². The molecule has 1 atom stereocenters. The molecule has 0 aliphatic rings. The molecule has 0 saturated carbocycles. The lowest BCUT2D eigenvalue weighted by Gasteiger charge is -2.13. The smallest absolute Gasteiger partial charge is 0.263 e. The molecule has 0 unspecified atom stereocenters. The maximum atomic E-state index is 12.1. The van der Waals surface area contributed by atoms with Crippen LogP contribution in [0.15, 0.2) is 12.3 Å². The Morgan fingerprint density at radius 2 is 2.21 bits per heavy atom. The van der Waals surface area contributed by atoms with Crippen LogP contribution in [-0.4, -0.2) is 26.7 Å². The fourth-order valence-corrected chi connectivity index (χ4v) is 2.75. The van der Waals surface area contributed by atoms with Crippen LogP contribution in [0.3, 0.4) is 0 Å². The number of carbonyl (C=O) groups excluding carboxylic acids is 1. The second-order valence-corrected chi connectivity index (χ2v) is 5.90. The quantitative estimate of drug-likeness (QED) is 0.931. The number of amides is 1. The molecule has 0 aromatic carbocycles. The predicted molar refractivity (Wildman–Crippen MR) is 75.5 cm³/mol. The zero-order chi connectivity index (χ0) is 14.0. The van der Waals surface area contributed by atoms with Crippen molar-refractivity contribution in [2.24, 2.45) is 0 Å². The van der Waals surface area contributed by atoms with Crippen LogP contribution in [0.25, 0.3) is 0 Å². The van der Waals surface area contributed by atoms with Gasteiger partial charge < -0.3 is 5.32 Å². The fraction of sp³-hybridized carbons (Fsp3) is 0.462. The summed E-state index contributed by atoms with van der Waals surface area (Å²) in [5, 5.41) is 8.20. The average Bonchev–Trinajstić information content (AvgIpc) is 2.84. The molecule has 0 radical (unpaired) electrons. The third-order valence-electron chi connectivity index (χ3n) is 2.72. The first kappa shape index (κ1) is 13.7. The van der Waals surface area contributed by atoms with Gasteiger partial charge in [-0.25, -0.2) is 4.98 Å². The minimum atomic E-state index is -0.0560. The molecule has 0 aliphatic heterocycles. The molecule has 1 N–H and O–H groups in total. The summed E-state index contributed by atoms with van der Waals surface area (Å²) >= 11 is 1.43. The van der Waals surface area contributed by atoms with E-state index in [1.807, 2.05) is 44.6 Å². The molecule has 2 aromatic heterocycles. The Labute approximate surface area is 116 Å². The second-order valence-electron chi connectivity index (χ2n) is 4.70. The highest BCUT2D eigenvalue weighted by molar-refractivity contribution is 7.13. The van der Waals surface area contributed by atoms with Crippen molar-refractivity contribution < 1.29 is 4.79 Å². The molecule has 102 valence electrons. The normalized spacial score (nSPS) is 12.4. The van der Waals surface area contributed by atoms with Crippen LogP contribution in [-0.2, 0) is 6.54 Å². The molecular weight excluding hydrogens is 260 g/mol. The summed E-state index contributed by atoms with van der Waals surface area (Å²) < 4.78 is 1.84. The molecule has 19 heavy (non-hydrogen) atoms. The number of hydrogen-bond donors (Lipinski definition) is 1. The van der Waals surface area contributed by atoms with Crippen LogP contribution in [0.5, 0.6) is 0 Å². The summed E-state index contributed by atoms with van der Waals surface area (Å²) in [7, 11) is 0. The van der Waals surface area contributed by atoms with Gasteiger partial charge in [-0.05, 0) is 33.8 Å². The van der Waals surface area contributed by atoms with Crippen molar-refractivity contribution in [3.8, 4) is 0 Å². The molecule has 0 saturated heterocycles. The SMILES string of the molecule is Cc1ccn(C[C@@H](C)NC(=O)c2sc(C)nc2C)n1. The van der Waals surface area contributed by atoms with Gasteiger partial charge in [0.15, 0.2) is 0 Å². The maximum absolute atomic E-state index is 12.1. The molecule has 2 rings (SSSR count). The van der Waals surface area contributed by atoms with Crippen LogP contribution in [0.2, 0.25) is 0 Å². The Hall–Kier alpha value is -1.69. The van der Waals surface area contributed by atoms with Crippen molar-refractivity contribution in [2.75, 3.05) is 0 Å². The van der Waals surface area contributed by atoms with E-state index in [-0.39, 0.29) is 11.9 Å². The summed E-state index contributed by atoms with van der Waals surface area (Å²) in [6, 6.07) is 1.97. The molecule has 2 aromatic rings. The summed E-state index contributed by atoms with van der Waals surface area (Å²) in [6.07, 6.45) is 1.92. The number of aryl methyl sites for hydroxylation is 3. The Kier molecular flexibility index (Phi) is 3.99. The zero-order valence-corrected chi connectivity index (χ0v) is 12.4. The van der Waals surface area contributed by atoms with Crippen molar-refractivity contribution in [3.05, 3.63) is 33.5 Å². The average molecular weight is 278 g/mol. The van der Waals surface area contributed by atoms with E-state index in [1.54, 1.807) is 0 Å². The molecule has 0 aliphatic carbocycles. The highest BCUT2D eigenvalue weighted by Crippen LogP contribution is 2.16. The standard InChI is InChI=1S/C13H18N4OS/c1-8-5-6-17(16-8)7-9(2)14-13(18)12-10(3)15-11(4)19-12/h5-6,9H,7H2,1-4H3,(H,14,18)/t9-/m1/s1. The van der Waals surface area contributed by atoms with Gasteiger partial charge in [0.05, 0.1) is 22.9 Å². The van der Waals surface area contributed by atoms with Crippen LogP contribution in [0.1, 0.15) is 33.0 Å². The lowest BCUT2D eigenvalue weighted by atomic mass is 10.3. The fourth-order valence-electron chi connectivity index (χ4n) is 1.92. The van der Waals surface area contributed by atoms with Gasteiger partial charge in [-0.2, -0.15) is 5.10 Å². The minimum Gasteiger partial charge on any atom is -0.347 e. The Morgan fingerprint density at radius 3 is 2.74 bits per heavy atom. The number of thiazole rings is 1. The minimum absolute atomic E-state index is 0.0219. The third kappa shape index (κ3) is 3.41. The van der Waals surface area contributed by atoms with E-state index in [1.165, 1.54) is 11.3 Å². The number of carbonyl (C=O) groups is 1. The highest BCUT2D eigenvalue weighted by atomic mass is 32.1. The topological polar surface area (TPSA) is 59.8 Å². The molecule has 6 heteroatoms. The molecule has 1 amide bonds. The van der Waals surface area contributed by atoms with Gasteiger partial charge >= 0.3 is 0 Å². The maximum Gasteiger partial charge on any atom is 0.263 e. The van der Waals surface area contributed by atoms with E-state index in [0.717, 1.165) is 16.4 Å². The molecule has 2 heterocycles.